The first kappa shape index (κ1) is 15.8. The Morgan fingerprint density at radius 1 is 1.28 bits per heavy atom. The van der Waals surface area contributed by atoms with Crippen LogP contribution < -0.4 is 10.2 Å². The zero-order valence-corrected chi connectivity index (χ0v) is 14.6. The fourth-order valence-electron chi connectivity index (χ4n) is 3.12. The highest BCUT2D eigenvalue weighted by Crippen LogP contribution is 2.38. The van der Waals surface area contributed by atoms with E-state index in [9.17, 15) is 5.11 Å². The molecule has 0 aliphatic heterocycles. The van der Waals surface area contributed by atoms with Crippen molar-refractivity contribution in [2.45, 2.75) is 25.7 Å². The van der Waals surface area contributed by atoms with Crippen molar-refractivity contribution < 1.29 is 9.84 Å². The second kappa shape index (κ2) is 6.68. The number of fused-ring (bicyclic) bond motifs is 3. The summed E-state index contributed by atoms with van der Waals surface area (Å²) in [6.07, 6.45) is 7.92. The van der Waals surface area contributed by atoms with Crippen molar-refractivity contribution in [3.63, 3.8) is 0 Å². The first-order valence-corrected chi connectivity index (χ1v) is 8.99. The average molecular weight is 354 g/mol. The molecule has 4 rings (SSSR count). The van der Waals surface area contributed by atoms with Crippen LogP contribution >= 0.6 is 11.3 Å². The molecule has 1 aliphatic carbocycles. The number of nitrogens with zero attached hydrogens (tertiary/aromatic N) is 3. The average Bonchev–Trinajstić information content (AvgIpc) is 3.02. The Balaban J connectivity index is 1.62. The number of anilines is 1. The number of aromatic nitrogens is 2. The molecule has 1 aliphatic rings. The summed E-state index contributed by atoms with van der Waals surface area (Å²) in [6.45, 7) is 0. The van der Waals surface area contributed by atoms with E-state index in [0.717, 1.165) is 34.4 Å². The lowest BCUT2D eigenvalue weighted by molar-refractivity contribution is 0.373. The lowest BCUT2D eigenvalue weighted by Gasteiger charge is -2.11. The van der Waals surface area contributed by atoms with Crippen molar-refractivity contribution in [2.75, 3.05) is 12.5 Å². The molecular weight excluding hydrogens is 336 g/mol. The number of nitrogens with one attached hydrogen (secondary N) is 1. The van der Waals surface area contributed by atoms with Crippen molar-refractivity contribution in [2.24, 2.45) is 5.10 Å². The molecule has 0 radical (unpaired) electrons. The van der Waals surface area contributed by atoms with Gasteiger partial charge in [-0.1, -0.05) is 0 Å². The number of methoxy groups -OCH3 is 1. The summed E-state index contributed by atoms with van der Waals surface area (Å²) in [4.78, 5) is 11.2. The molecule has 0 unspecified atom stereocenters. The predicted molar refractivity (Wildman–Crippen MR) is 99.9 cm³/mol. The molecule has 128 valence electrons. The van der Waals surface area contributed by atoms with Crippen LogP contribution in [-0.2, 0) is 12.8 Å². The minimum absolute atomic E-state index is 0.106. The van der Waals surface area contributed by atoms with E-state index in [1.165, 1.54) is 30.4 Å². The smallest absolute Gasteiger partial charge is 0.161 e. The van der Waals surface area contributed by atoms with E-state index < -0.39 is 0 Å². The second-order valence-electron chi connectivity index (χ2n) is 5.91. The third kappa shape index (κ3) is 3.02. The number of hydrogen-bond donors (Lipinski definition) is 2. The number of thiophene rings is 1. The molecule has 25 heavy (non-hydrogen) atoms. The van der Waals surface area contributed by atoms with E-state index in [4.69, 9.17) is 4.74 Å². The van der Waals surface area contributed by atoms with Crippen molar-refractivity contribution in [3.05, 3.63) is 40.5 Å². The largest absolute Gasteiger partial charge is 0.504 e. The minimum Gasteiger partial charge on any atom is -0.504 e. The molecule has 6 nitrogen and oxygen atoms in total. The maximum Gasteiger partial charge on any atom is 0.161 e. The van der Waals surface area contributed by atoms with E-state index in [0.29, 0.717) is 5.75 Å². The highest BCUT2D eigenvalue weighted by atomic mass is 32.1. The Hall–Kier alpha value is -2.67. The number of rotatable bonds is 4. The fourth-order valence-corrected chi connectivity index (χ4v) is 4.35. The predicted octanol–water partition coefficient (Wildman–Crippen LogP) is 3.73. The van der Waals surface area contributed by atoms with Crippen LogP contribution in [0.4, 0.5) is 5.82 Å². The molecule has 7 heteroatoms. The van der Waals surface area contributed by atoms with Crippen molar-refractivity contribution >= 4 is 33.6 Å². The Kier molecular flexibility index (Phi) is 4.23. The van der Waals surface area contributed by atoms with Gasteiger partial charge in [0.1, 0.15) is 11.2 Å². The number of phenols is 1. The highest BCUT2D eigenvalue weighted by Gasteiger charge is 2.19. The number of phenolic OH excluding ortho intramolecular Hbond substituents is 1. The molecule has 1 aromatic carbocycles. The first-order chi connectivity index (χ1) is 12.3. The monoisotopic (exact) mass is 354 g/mol. The molecule has 0 saturated carbocycles. The number of benzene rings is 1. The molecule has 2 heterocycles. The molecule has 0 atom stereocenters. The van der Waals surface area contributed by atoms with Gasteiger partial charge in [0.05, 0.1) is 18.7 Å². The Morgan fingerprint density at radius 2 is 2.16 bits per heavy atom. The normalized spacial score (nSPS) is 14.0. The van der Waals surface area contributed by atoms with E-state index in [1.807, 2.05) is 0 Å². The van der Waals surface area contributed by atoms with E-state index in [-0.39, 0.29) is 5.75 Å². The van der Waals surface area contributed by atoms with Gasteiger partial charge in [-0.05, 0) is 55.0 Å². The van der Waals surface area contributed by atoms with Crippen LogP contribution in [0.25, 0.3) is 10.2 Å². The summed E-state index contributed by atoms with van der Waals surface area (Å²) in [5.74, 6) is 1.27. The lowest BCUT2D eigenvalue weighted by Crippen LogP contribution is -2.01. The van der Waals surface area contributed by atoms with Gasteiger partial charge in [0.25, 0.3) is 0 Å². The Labute approximate surface area is 149 Å². The van der Waals surface area contributed by atoms with Gasteiger partial charge in [-0.2, -0.15) is 5.10 Å². The topological polar surface area (TPSA) is 79.6 Å². The summed E-state index contributed by atoms with van der Waals surface area (Å²) < 4.78 is 5.11. The van der Waals surface area contributed by atoms with Gasteiger partial charge in [-0.3, -0.25) is 5.43 Å². The van der Waals surface area contributed by atoms with Gasteiger partial charge in [0, 0.05) is 4.88 Å². The molecule has 2 aromatic heterocycles. The highest BCUT2D eigenvalue weighted by molar-refractivity contribution is 7.19. The zero-order chi connectivity index (χ0) is 17.2. The third-order valence-corrected chi connectivity index (χ3v) is 5.54. The molecule has 3 aromatic rings. The van der Waals surface area contributed by atoms with Gasteiger partial charge in [-0.25, -0.2) is 9.97 Å². The van der Waals surface area contributed by atoms with Crippen molar-refractivity contribution in [3.8, 4) is 11.5 Å². The molecule has 0 bridgehead atoms. The lowest BCUT2D eigenvalue weighted by atomic mass is 9.97. The van der Waals surface area contributed by atoms with E-state index in [1.54, 1.807) is 42.1 Å². The van der Waals surface area contributed by atoms with Gasteiger partial charge in [-0.15, -0.1) is 11.3 Å². The SMILES string of the molecule is COc1cc(/C=N\Nc2ncnc3sc4c(c23)CCCC4)ccc1O. The number of hydrazone groups is 1. The van der Waals surface area contributed by atoms with Crippen LogP contribution in [0.5, 0.6) is 11.5 Å². The summed E-state index contributed by atoms with van der Waals surface area (Å²) in [5.41, 5.74) is 5.24. The van der Waals surface area contributed by atoms with Crippen LogP contribution in [-0.4, -0.2) is 28.4 Å². The van der Waals surface area contributed by atoms with Gasteiger partial charge < -0.3 is 9.84 Å². The zero-order valence-electron chi connectivity index (χ0n) is 13.8. The summed E-state index contributed by atoms with van der Waals surface area (Å²) in [6, 6.07) is 5.08. The Bertz CT molecular complexity index is 952. The van der Waals surface area contributed by atoms with E-state index >= 15 is 0 Å². The quantitative estimate of drug-likeness (QED) is 0.551. The van der Waals surface area contributed by atoms with Crippen molar-refractivity contribution in [1.82, 2.24) is 9.97 Å². The first-order valence-electron chi connectivity index (χ1n) is 8.17. The summed E-state index contributed by atoms with van der Waals surface area (Å²) >= 11 is 1.76. The number of hydrogen-bond acceptors (Lipinski definition) is 7. The van der Waals surface area contributed by atoms with Crippen LogP contribution in [0.15, 0.2) is 29.6 Å². The van der Waals surface area contributed by atoms with Crippen LogP contribution in [0.2, 0.25) is 0 Å². The maximum atomic E-state index is 9.64. The van der Waals surface area contributed by atoms with E-state index in [2.05, 4.69) is 20.5 Å². The van der Waals surface area contributed by atoms with Gasteiger partial charge in [0.2, 0.25) is 0 Å². The van der Waals surface area contributed by atoms with Crippen LogP contribution in [0.1, 0.15) is 28.8 Å². The summed E-state index contributed by atoms with van der Waals surface area (Å²) in [7, 11) is 1.52. The molecule has 0 amide bonds. The molecule has 2 N–H and O–H groups in total. The fraction of sp³-hybridized carbons (Fsp3) is 0.278. The number of aromatic hydroxyl groups is 1. The van der Waals surface area contributed by atoms with Gasteiger partial charge in [0.15, 0.2) is 17.3 Å². The number of ether oxygens (including phenoxy) is 1. The molecule has 0 spiro atoms. The molecular formula is C18H18N4O2S. The van der Waals surface area contributed by atoms with Crippen LogP contribution in [0, 0.1) is 0 Å². The maximum absolute atomic E-state index is 9.64. The molecule has 0 saturated heterocycles. The number of aryl methyl sites for hydroxylation is 2. The minimum atomic E-state index is 0.106. The van der Waals surface area contributed by atoms with Crippen LogP contribution in [0.3, 0.4) is 0 Å². The molecule has 0 fully saturated rings. The summed E-state index contributed by atoms with van der Waals surface area (Å²) in [5, 5.41) is 15.0. The van der Waals surface area contributed by atoms with Gasteiger partial charge >= 0.3 is 0 Å². The standard InChI is InChI=1S/C18H18N4O2S/c1-24-14-8-11(6-7-13(14)23)9-21-22-17-16-12-4-2-3-5-15(12)25-18(16)20-10-19-17/h6-10,23H,2-5H2,1H3,(H,19,20,22)/b21-9-. The third-order valence-electron chi connectivity index (χ3n) is 4.34. The Morgan fingerprint density at radius 3 is 3.04 bits per heavy atom. The second-order valence-corrected chi connectivity index (χ2v) is 7.00. The van der Waals surface area contributed by atoms with Crippen molar-refractivity contribution in [1.29, 1.82) is 0 Å².